The Labute approximate surface area is 161 Å². The topological polar surface area (TPSA) is 50.7 Å². The van der Waals surface area contributed by atoms with Crippen LogP contribution in [0.2, 0.25) is 0 Å². The van der Waals surface area contributed by atoms with E-state index in [0.29, 0.717) is 26.2 Å². The molecule has 4 nitrogen and oxygen atoms in total. The zero-order chi connectivity index (χ0) is 18.9. The third-order valence-electron chi connectivity index (χ3n) is 4.50. The average molecular weight is 365 g/mol. The Morgan fingerprint density at radius 3 is 2.26 bits per heavy atom. The molecular formula is C23H27NO3. The molecule has 0 bridgehead atoms. The highest BCUT2D eigenvalue weighted by Gasteiger charge is 2.21. The second kappa shape index (κ2) is 10.1. The maximum absolute atomic E-state index is 10.4. The van der Waals surface area contributed by atoms with Crippen molar-refractivity contribution in [3.8, 4) is 0 Å². The van der Waals surface area contributed by atoms with Gasteiger partial charge in [0.05, 0.1) is 18.8 Å². The number of aliphatic hydroxyl groups excluding tert-OH is 1. The fourth-order valence-electron chi connectivity index (χ4n) is 3.04. The average Bonchev–Trinajstić information content (AvgIpc) is 2.72. The lowest BCUT2D eigenvalue weighted by Gasteiger charge is -2.25. The predicted octanol–water partition coefficient (Wildman–Crippen LogP) is 3.58. The highest BCUT2D eigenvalue weighted by atomic mass is 16.5. The first-order valence-electron chi connectivity index (χ1n) is 9.32. The molecule has 3 rings (SSSR count). The van der Waals surface area contributed by atoms with E-state index in [9.17, 15) is 5.11 Å². The summed E-state index contributed by atoms with van der Waals surface area (Å²) >= 11 is 0. The second-order valence-corrected chi connectivity index (χ2v) is 6.68. The molecule has 27 heavy (non-hydrogen) atoms. The van der Waals surface area contributed by atoms with Crippen molar-refractivity contribution in [1.29, 1.82) is 0 Å². The van der Waals surface area contributed by atoms with Crippen LogP contribution in [0, 0.1) is 0 Å². The SMILES string of the molecule is CNCC(O)C1=CC(OCc2ccccc2)=CC(OCc2ccccc2)C1. The van der Waals surface area contributed by atoms with E-state index in [1.807, 2.05) is 79.9 Å². The van der Waals surface area contributed by atoms with Crippen molar-refractivity contribution in [2.24, 2.45) is 0 Å². The van der Waals surface area contributed by atoms with Gasteiger partial charge in [-0.15, -0.1) is 0 Å². The summed E-state index contributed by atoms with van der Waals surface area (Å²) in [4.78, 5) is 0. The van der Waals surface area contributed by atoms with Crippen molar-refractivity contribution < 1.29 is 14.6 Å². The standard InChI is InChI=1S/C23H27NO3/c1-24-15-23(25)20-12-21(26-16-18-8-4-2-5-9-18)14-22(13-20)27-17-19-10-6-3-7-11-19/h2-12,14,22-25H,13,15-17H2,1H3. The summed E-state index contributed by atoms with van der Waals surface area (Å²) in [6.07, 6.45) is 3.92. The first-order chi connectivity index (χ1) is 13.2. The molecule has 0 radical (unpaired) electrons. The van der Waals surface area contributed by atoms with E-state index in [-0.39, 0.29) is 6.10 Å². The number of rotatable bonds is 9. The largest absolute Gasteiger partial charge is 0.489 e. The Bertz CT molecular complexity index is 756. The van der Waals surface area contributed by atoms with Crippen LogP contribution in [0.15, 0.2) is 84.1 Å². The molecule has 0 saturated heterocycles. The van der Waals surface area contributed by atoms with E-state index in [1.54, 1.807) is 0 Å². The molecule has 4 heteroatoms. The van der Waals surface area contributed by atoms with Crippen LogP contribution in [0.25, 0.3) is 0 Å². The van der Waals surface area contributed by atoms with Gasteiger partial charge in [0.1, 0.15) is 12.4 Å². The van der Waals surface area contributed by atoms with Gasteiger partial charge in [-0.25, -0.2) is 0 Å². The van der Waals surface area contributed by atoms with E-state index in [1.165, 1.54) is 0 Å². The minimum Gasteiger partial charge on any atom is -0.489 e. The summed E-state index contributed by atoms with van der Waals surface area (Å²) in [6, 6.07) is 20.2. The summed E-state index contributed by atoms with van der Waals surface area (Å²) in [5, 5.41) is 13.4. The molecule has 2 atom stereocenters. The molecule has 1 aliphatic rings. The molecule has 0 fully saturated rings. The number of benzene rings is 2. The van der Waals surface area contributed by atoms with Crippen LogP contribution < -0.4 is 5.32 Å². The summed E-state index contributed by atoms with van der Waals surface area (Å²) < 4.78 is 12.1. The molecule has 1 aliphatic carbocycles. The molecule has 0 amide bonds. The van der Waals surface area contributed by atoms with Crippen LogP contribution in [0.4, 0.5) is 0 Å². The van der Waals surface area contributed by atoms with Gasteiger partial charge < -0.3 is 19.9 Å². The van der Waals surface area contributed by atoms with E-state index in [2.05, 4.69) is 5.32 Å². The molecule has 2 aromatic rings. The van der Waals surface area contributed by atoms with E-state index in [0.717, 1.165) is 22.5 Å². The molecule has 0 spiro atoms. The van der Waals surface area contributed by atoms with Gasteiger partial charge in [0, 0.05) is 13.0 Å². The fraction of sp³-hybridized carbons (Fsp3) is 0.304. The van der Waals surface area contributed by atoms with Crippen LogP contribution in [0.5, 0.6) is 0 Å². The van der Waals surface area contributed by atoms with Crippen LogP contribution in [0.1, 0.15) is 17.5 Å². The smallest absolute Gasteiger partial charge is 0.118 e. The maximum Gasteiger partial charge on any atom is 0.118 e. The fourth-order valence-corrected chi connectivity index (χ4v) is 3.04. The summed E-state index contributed by atoms with van der Waals surface area (Å²) in [5.74, 6) is 0.744. The van der Waals surface area contributed by atoms with Crippen molar-refractivity contribution in [3.05, 3.63) is 95.3 Å². The van der Waals surface area contributed by atoms with Gasteiger partial charge >= 0.3 is 0 Å². The molecule has 0 heterocycles. The zero-order valence-corrected chi connectivity index (χ0v) is 15.7. The Kier molecular flexibility index (Phi) is 7.22. The highest BCUT2D eigenvalue weighted by Crippen LogP contribution is 2.25. The lowest BCUT2D eigenvalue weighted by atomic mass is 9.96. The van der Waals surface area contributed by atoms with Crippen LogP contribution in [-0.4, -0.2) is 30.9 Å². The van der Waals surface area contributed by atoms with Crippen molar-refractivity contribution in [2.75, 3.05) is 13.6 Å². The van der Waals surface area contributed by atoms with Crippen LogP contribution in [0.3, 0.4) is 0 Å². The highest BCUT2D eigenvalue weighted by molar-refractivity contribution is 5.29. The van der Waals surface area contributed by atoms with Crippen LogP contribution in [-0.2, 0) is 22.7 Å². The third kappa shape index (κ3) is 6.07. The molecule has 2 aromatic carbocycles. The Morgan fingerprint density at radius 2 is 1.63 bits per heavy atom. The minimum atomic E-state index is -0.554. The van der Waals surface area contributed by atoms with Gasteiger partial charge in [0.15, 0.2) is 0 Å². The zero-order valence-electron chi connectivity index (χ0n) is 15.7. The molecule has 0 aliphatic heterocycles. The third-order valence-corrected chi connectivity index (χ3v) is 4.50. The molecule has 0 saturated carbocycles. The first-order valence-corrected chi connectivity index (χ1v) is 9.32. The molecular weight excluding hydrogens is 338 g/mol. The van der Waals surface area contributed by atoms with Gasteiger partial charge in [-0.2, -0.15) is 0 Å². The number of nitrogens with one attached hydrogen (secondary N) is 1. The van der Waals surface area contributed by atoms with Crippen LogP contribution >= 0.6 is 0 Å². The normalized spacial score (nSPS) is 17.8. The van der Waals surface area contributed by atoms with Gasteiger partial charge in [-0.3, -0.25) is 0 Å². The maximum atomic E-state index is 10.4. The Morgan fingerprint density at radius 1 is 1.00 bits per heavy atom. The molecule has 0 aromatic heterocycles. The molecule has 2 N–H and O–H groups in total. The Balaban J connectivity index is 1.67. The first kappa shape index (κ1) is 19.4. The van der Waals surface area contributed by atoms with E-state index in [4.69, 9.17) is 9.47 Å². The summed E-state index contributed by atoms with van der Waals surface area (Å²) in [5.41, 5.74) is 3.16. The van der Waals surface area contributed by atoms with Crippen molar-refractivity contribution >= 4 is 0 Å². The van der Waals surface area contributed by atoms with Crippen molar-refractivity contribution in [3.63, 3.8) is 0 Å². The van der Waals surface area contributed by atoms with Gasteiger partial charge in [0.2, 0.25) is 0 Å². The quantitative estimate of drug-likeness (QED) is 0.713. The summed E-state index contributed by atoms with van der Waals surface area (Å²) in [7, 11) is 1.83. The molecule has 142 valence electrons. The lowest BCUT2D eigenvalue weighted by Crippen LogP contribution is -2.29. The lowest BCUT2D eigenvalue weighted by molar-refractivity contribution is 0.0605. The van der Waals surface area contributed by atoms with E-state index >= 15 is 0 Å². The van der Waals surface area contributed by atoms with Crippen molar-refractivity contribution in [1.82, 2.24) is 5.32 Å². The van der Waals surface area contributed by atoms with Gasteiger partial charge in [-0.1, -0.05) is 60.7 Å². The monoisotopic (exact) mass is 365 g/mol. The second-order valence-electron chi connectivity index (χ2n) is 6.68. The number of aliphatic hydroxyl groups is 1. The number of ether oxygens (including phenoxy) is 2. The number of likely N-dealkylation sites (N-methyl/N-ethyl adjacent to an activating group) is 1. The summed E-state index contributed by atoms with van der Waals surface area (Å²) in [6.45, 7) is 1.52. The number of hydrogen-bond acceptors (Lipinski definition) is 4. The Hall–Kier alpha value is -2.40. The predicted molar refractivity (Wildman–Crippen MR) is 107 cm³/mol. The van der Waals surface area contributed by atoms with E-state index < -0.39 is 6.10 Å². The minimum absolute atomic E-state index is 0.123. The van der Waals surface area contributed by atoms with Gasteiger partial charge in [0.25, 0.3) is 0 Å². The van der Waals surface area contributed by atoms with Crippen molar-refractivity contribution in [2.45, 2.75) is 31.8 Å². The molecule has 2 unspecified atom stereocenters. The number of hydrogen-bond donors (Lipinski definition) is 2. The number of allylic oxidation sites excluding steroid dienone is 1. The van der Waals surface area contributed by atoms with Gasteiger partial charge in [-0.05, 0) is 35.9 Å².